The second kappa shape index (κ2) is 8.05. The van der Waals surface area contributed by atoms with Crippen LogP contribution in [-0.4, -0.2) is 44.1 Å². The number of benzene rings is 1. The predicted octanol–water partition coefficient (Wildman–Crippen LogP) is 2.85. The lowest BCUT2D eigenvalue weighted by Crippen LogP contribution is -2.27. The molecular weight excluding hydrogens is 370 g/mol. The molecule has 0 bridgehead atoms. The molecule has 4 rings (SSSR count). The summed E-state index contributed by atoms with van der Waals surface area (Å²) in [7, 11) is 3.35. The lowest BCUT2D eigenvalue weighted by molar-refractivity contribution is 0.0775. The normalized spacial score (nSPS) is 10.8. The topological polar surface area (TPSA) is 73.9 Å². The Kier molecular flexibility index (Phi) is 5.15. The van der Waals surface area contributed by atoms with Crippen LogP contribution in [-0.2, 0) is 13.3 Å². The van der Waals surface area contributed by atoms with Gasteiger partial charge in [0.05, 0.1) is 19.3 Å². The molecule has 3 heterocycles. The SMILES string of the molecule is COc1ccc(OCn2ccc(C(=O)N(C)Cc3cn4ccccc4n3)n2)cc1. The minimum atomic E-state index is -0.176. The zero-order valence-corrected chi connectivity index (χ0v) is 16.2. The van der Waals surface area contributed by atoms with E-state index in [-0.39, 0.29) is 12.6 Å². The molecule has 0 fully saturated rings. The van der Waals surface area contributed by atoms with Crippen molar-refractivity contribution in [3.05, 3.63) is 78.5 Å². The number of fused-ring (bicyclic) bond motifs is 1. The van der Waals surface area contributed by atoms with E-state index in [4.69, 9.17) is 9.47 Å². The maximum Gasteiger partial charge on any atom is 0.274 e. The number of aromatic nitrogens is 4. The molecule has 0 saturated carbocycles. The largest absolute Gasteiger partial charge is 0.497 e. The van der Waals surface area contributed by atoms with Gasteiger partial charge in [-0.3, -0.25) is 4.79 Å². The molecule has 0 aliphatic carbocycles. The van der Waals surface area contributed by atoms with E-state index < -0.39 is 0 Å². The molecule has 0 saturated heterocycles. The Bertz CT molecular complexity index is 1080. The molecule has 29 heavy (non-hydrogen) atoms. The number of pyridine rings is 1. The summed E-state index contributed by atoms with van der Waals surface area (Å²) < 4.78 is 14.3. The van der Waals surface area contributed by atoms with Gasteiger partial charge in [0, 0.05) is 25.6 Å². The quantitative estimate of drug-likeness (QED) is 0.484. The van der Waals surface area contributed by atoms with Crippen molar-refractivity contribution in [1.82, 2.24) is 24.1 Å². The van der Waals surface area contributed by atoms with Crippen molar-refractivity contribution in [3.63, 3.8) is 0 Å². The Morgan fingerprint density at radius 3 is 2.62 bits per heavy atom. The predicted molar refractivity (Wildman–Crippen MR) is 107 cm³/mol. The van der Waals surface area contributed by atoms with Crippen molar-refractivity contribution >= 4 is 11.6 Å². The second-order valence-corrected chi connectivity index (χ2v) is 6.55. The number of rotatable bonds is 7. The molecule has 0 unspecified atom stereocenters. The zero-order chi connectivity index (χ0) is 20.2. The summed E-state index contributed by atoms with van der Waals surface area (Å²) in [5.41, 5.74) is 2.02. The summed E-state index contributed by atoms with van der Waals surface area (Å²) in [4.78, 5) is 18.8. The molecular formula is C21H21N5O3. The van der Waals surface area contributed by atoms with Gasteiger partial charge in [-0.15, -0.1) is 0 Å². The van der Waals surface area contributed by atoms with Gasteiger partial charge in [-0.1, -0.05) is 6.07 Å². The lowest BCUT2D eigenvalue weighted by Gasteiger charge is -2.14. The molecule has 0 aliphatic rings. The van der Waals surface area contributed by atoms with E-state index >= 15 is 0 Å². The third-order valence-electron chi connectivity index (χ3n) is 4.44. The molecule has 8 nitrogen and oxygen atoms in total. The summed E-state index contributed by atoms with van der Waals surface area (Å²) in [5.74, 6) is 1.28. The maximum atomic E-state index is 12.7. The van der Waals surface area contributed by atoms with Crippen molar-refractivity contribution in [3.8, 4) is 11.5 Å². The van der Waals surface area contributed by atoms with Crippen molar-refractivity contribution in [1.29, 1.82) is 0 Å². The third kappa shape index (κ3) is 4.21. The Morgan fingerprint density at radius 1 is 1.07 bits per heavy atom. The van der Waals surface area contributed by atoms with Crippen LogP contribution in [0.2, 0.25) is 0 Å². The fourth-order valence-corrected chi connectivity index (χ4v) is 2.93. The van der Waals surface area contributed by atoms with Gasteiger partial charge >= 0.3 is 0 Å². The average molecular weight is 391 g/mol. The summed E-state index contributed by atoms with van der Waals surface area (Å²) in [6, 6.07) is 14.8. The first-order valence-electron chi connectivity index (χ1n) is 9.11. The van der Waals surface area contributed by atoms with Gasteiger partial charge in [0.25, 0.3) is 5.91 Å². The first kappa shape index (κ1) is 18.5. The monoisotopic (exact) mass is 391 g/mol. The standard InChI is InChI=1S/C21H21N5O3/c1-24(13-16-14-25-11-4-3-5-20(25)22-16)21(27)19-10-12-26(23-19)15-29-18-8-6-17(28-2)7-9-18/h3-12,14H,13,15H2,1-2H3. The number of hydrogen-bond donors (Lipinski definition) is 0. The van der Waals surface area contributed by atoms with Crippen LogP contribution in [0.25, 0.3) is 5.65 Å². The molecule has 1 amide bonds. The van der Waals surface area contributed by atoms with Crippen molar-refractivity contribution in [2.24, 2.45) is 0 Å². The number of methoxy groups -OCH3 is 1. The van der Waals surface area contributed by atoms with Gasteiger partial charge in [0.1, 0.15) is 17.1 Å². The van der Waals surface area contributed by atoms with Crippen molar-refractivity contribution in [2.75, 3.05) is 14.2 Å². The minimum absolute atomic E-state index is 0.176. The second-order valence-electron chi connectivity index (χ2n) is 6.55. The van der Waals surface area contributed by atoms with E-state index in [9.17, 15) is 4.79 Å². The molecule has 0 radical (unpaired) electrons. The highest BCUT2D eigenvalue weighted by molar-refractivity contribution is 5.91. The zero-order valence-electron chi connectivity index (χ0n) is 16.2. The number of imidazole rings is 1. The van der Waals surface area contributed by atoms with E-state index in [0.29, 0.717) is 18.0 Å². The fraction of sp³-hybridized carbons (Fsp3) is 0.190. The number of carbonyl (C=O) groups is 1. The van der Waals surface area contributed by atoms with E-state index in [1.54, 1.807) is 36.0 Å². The van der Waals surface area contributed by atoms with Crippen LogP contribution in [0.15, 0.2) is 67.1 Å². The molecule has 8 heteroatoms. The Labute approximate surface area is 167 Å². The molecule has 0 N–H and O–H groups in total. The third-order valence-corrected chi connectivity index (χ3v) is 4.44. The highest BCUT2D eigenvalue weighted by Crippen LogP contribution is 2.17. The van der Waals surface area contributed by atoms with Crippen LogP contribution in [0, 0.1) is 0 Å². The van der Waals surface area contributed by atoms with Gasteiger partial charge < -0.3 is 18.8 Å². The highest BCUT2D eigenvalue weighted by Gasteiger charge is 2.16. The molecule has 1 aromatic carbocycles. The summed E-state index contributed by atoms with van der Waals surface area (Å²) in [5, 5.41) is 4.31. The number of carbonyl (C=O) groups excluding carboxylic acids is 1. The van der Waals surface area contributed by atoms with Gasteiger partial charge in [-0.2, -0.15) is 5.10 Å². The van der Waals surface area contributed by atoms with Gasteiger partial charge in [-0.05, 0) is 42.5 Å². The summed E-state index contributed by atoms with van der Waals surface area (Å²) in [6.45, 7) is 0.603. The molecule has 0 aliphatic heterocycles. The maximum absolute atomic E-state index is 12.7. The Morgan fingerprint density at radius 2 is 1.86 bits per heavy atom. The van der Waals surface area contributed by atoms with Crippen LogP contribution in [0.1, 0.15) is 16.2 Å². The van der Waals surface area contributed by atoms with Gasteiger partial charge in [0.2, 0.25) is 0 Å². The smallest absolute Gasteiger partial charge is 0.274 e. The first-order valence-corrected chi connectivity index (χ1v) is 9.11. The number of hydrogen-bond acceptors (Lipinski definition) is 5. The van der Waals surface area contributed by atoms with Crippen LogP contribution in [0.4, 0.5) is 0 Å². The Hall–Kier alpha value is -3.81. The highest BCUT2D eigenvalue weighted by atomic mass is 16.5. The van der Waals surface area contributed by atoms with Crippen LogP contribution in [0.5, 0.6) is 11.5 Å². The van der Waals surface area contributed by atoms with E-state index in [1.165, 1.54) is 0 Å². The first-order chi connectivity index (χ1) is 14.1. The van der Waals surface area contributed by atoms with Crippen LogP contribution >= 0.6 is 0 Å². The van der Waals surface area contributed by atoms with Crippen LogP contribution < -0.4 is 9.47 Å². The number of nitrogens with zero attached hydrogens (tertiary/aromatic N) is 5. The summed E-state index contributed by atoms with van der Waals surface area (Å²) >= 11 is 0. The van der Waals surface area contributed by atoms with E-state index in [1.807, 2.05) is 59.3 Å². The lowest BCUT2D eigenvalue weighted by atomic mass is 10.3. The summed E-state index contributed by atoms with van der Waals surface area (Å²) in [6.07, 6.45) is 5.56. The van der Waals surface area contributed by atoms with Crippen LogP contribution in [0.3, 0.4) is 0 Å². The van der Waals surface area contributed by atoms with E-state index in [0.717, 1.165) is 17.1 Å². The number of amides is 1. The number of ether oxygens (including phenoxy) is 2. The average Bonchev–Trinajstić information content (AvgIpc) is 3.38. The van der Waals surface area contributed by atoms with Crippen molar-refractivity contribution < 1.29 is 14.3 Å². The molecule has 148 valence electrons. The minimum Gasteiger partial charge on any atom is -0.497 e. The molecule has 0 atom stereocenters. The molecule has 0 spiro atoms. The molecule has 3 aromatic heterocycles. The van der Waals surface area contributed by atoms with E-state index in [2.05, 4.69) is 10.1 Å². The fourth-order valence-electron chi connectivity index (χ4n) is 2.93. The van der Waals surface area contributed by atoms with Crippen molar-refractivity contribution in [2.45, 2.75) is 13.3 Å². The van der Waals surface area contributed by atoms with Gasteiger partial charge in [0.15, 0.2) is 12.4 Å². The molecule has 4 aromatic rings. The Balaban J connectivity index is 1.36. The van der Waals surface area contributed by atoms with Gasteiger partial charge in [-0.25, -0.2) is 9.67 Å².